The van der Waals surface area contributed by atoms with E-state index in [1.807, 2.05) is 36.4 Å². The van der Waals surface area contributed by atoms with Gasteiger partial charge in [0, 0.05) is 34.1 Å². The molecule has 3 nitrogen and oxygen atoms in total. The molecule has 0 fully saturated rings. The molecule has 2 aromatic carbocycles. The van der Waals surface area contributed by atoms with Crippen molar-refractivity contribution < 1.29 is 0 Å². The number of halogens is 1. The monoisotopic (exact) mass is 293 g/mol. The van der Waals surface area contributed by atoms with Crippen molar-refractivity contribution in [1.29, 1.82) is 5.26 Å². The first-order valence-corrected chi connectivity index (χ1v) is 6.89. The smallest absolute Gasteiger partial charge is 0.0991 e. The zero-order chi connectivity index (χ0) is 14.8. The van der Waals surface area contributed by atoms with Crippen molar-refractivity contribution in [3.8, 4) is 17.2 Å². The van der Waals surface area contributed by atoms with Crippen LogP contribution in [0.25, 0.3) is 21.9 Å². The summed E-state index contributed by atoms with van der Waals surface area (Å²) in [6, 6.07) is 15.3. The molecule has 3 aromatic rings. The van der Waals surface area contributed by atoms with Crippen LogP contribution in [0.1, 0.15) is 11.3 Å². The van der Waals surface area contributed by atoms with Crippen molar-refractivity contribution in [1.82, 2.24) is 4.98 Å². The Bertz CT molecular complexity index is 866. The van der Waals surface area contributed by atoms with Crippen LogP contribution in [0.3, 0.4) is 0 Å². The Balaban J connectivity index is 2.36. The second kappa shape index (κ2) is 5.53. The number of hydrogen-bond donors (Lipinski definition) is 1. The van der Waals surface area contributed by atoms with Gasteiger partial charge in [-0.05, 0) is 23.8 Å². The average molecular weight is 294 g/mol. The van der Waals surface area contributed by atoms with Crippen molar-refractivity contribution in [3.05, 3.63) is 64.9 Å². The summed E-state index contributed by atoms with van der Waals surface area (Å²) in [5, 5.41) is 11.6. The zero-order valence-electron chi connectivity index (χ0n) is 11.2. The van der Waals surface area contributed by atoms with E-state index in [-0.39, 0.29) is 0 Å². The second-order valence-electron chi connectivity index (χ2n) is 4.68. The van der Waals surface area contributed by atoms with Crippen LogP contribution in [0, 0.1) is 11.3 Å². The molecule has 0 unspecified atom stereocenters. The van der Waals surface area contributed by atoms with Gasteiger partial charge in [0.2, 0.25) is 0 Å². The fourth-order valence-electron chi connectivity index (χ4n) is 2.45. The summed E-state index contributed by atoms with van der Waals surface area (Å²) in [4.78, 5) is 4.43. The number of aromatic nitrogens is 1. The molecule has 0 aliphatic rings. The molecule has 0 aliphatic carbocycles. The number of nitrogens with zero attached hydrogens (tertiary/aromatic N) is 2. The van der Waals surface area contributed by atoms with Crippen molar-refractivity contribution in [2.75, 3.05) is 0 Å². The van der Waals surface area contributed by atoms with Crippen LogP contribution in [0.4, 0.5) is 0 Å². The summed E-state index contributed by atoms with van der Waals surface area (Å²) in [6.45, 7) is 0.357. The predicted octanol–water partition coefficient (Wildman–Crippen LogP) is 3.89. The van der Waals surface area contributed by atoms with Gasteiger partial charge in [-0.25, -0.2) is 0 Å². The number of fused-ring (bicyclic) bond motifs is 1. The number of pyridine rings is 1. The molecule has 0 amide bonds. The quantitative estimate of drug-likeness (QED) is 0.780. The maximum Gasteiger partial charge on any atom is 0.0991 e. The minimum absolute atomic E-state index is 0.357. The van der Waals surface area contributed by atoms with E-state index in [9.17, 15) is 0 Å². The highest BCUT2D eigenvalue weighted by molar-refractivity contribution is 6.36. The maximum atomic E-state index is 9.05. The summed E-state index contributed by atoms with van der Waals surface area (Å²) in [5.41, 5.74) is 9.00. The SMILES string of the molecule is N#Cc1cccc(-c2cnc(CN)c3cccc(Cl)c23)c1. The molecule has 102 valence electrons. The first-order valence-electron chi connectivity index (χ1n) is 6.51. The van der Waals surface area contributed by atoms with Gasteiger partial charge in [-0.1, -0.05) is 35.9 Å². The molecule has 4 heteroatoms. The summed E-state index contributed by atoms with van der Waals surface area (Å²) in [6.07, 6.45) is 1.77. The lowest BCUT2D eigenvalue weighted by Crippen LogP contribution is -2.01. The van der Waals surface area contributed by atoms with Gasteiger partial charge in [0.1, 0.15) is 0 Å². The Labute approximate surface area is 127 Å². The predicted molar refractivity (Wildman–Crippen MR) is 84.8 cm³/mol. The third kappa shape index (κ3) is 2.36. The molecule has 21 heavy (non-hydrogen) atoms. The molecule has 3 rings (SSSR count). The molecule has 1 heterocycles. The van der Waals surface area contributed by atoms with Gasteiger partial charge in [-0.2, -0.15) is 5.26 Å². The van der Waals surface area contributed by atoms with E-state index in [1.165, 1.54) is 0 Å². The third-order valence-corrected chi connectivity index (χ3v) is 3.75. The highest BCUT2D eigenvalue weighted by Crippen LogP contribution is 2.34. The highest BCUT2D eigenvalue weighted by Gasteiger charge is 2.11. The molecule has 0 saturated carbocycles. The van der Waals surface area contributed by atoms with E-state index < -0.39 is 0 Å². The van der Waals surface area contributed by atoms with Crippen LogP contribution in [-0.4, -0.2) is 4.98 Å². The van der Waals surface area contributed by atoms with Crippen LogP contribution in [0.15, 0.2) is 48.7 Å². The summed E-state index contributed by atoms with van der Waals surface area (Å²) in [7, 11) is 0. The van der Waals surface area contributed by atoms with E-state index in [0.717, 1.165) is 27.6 Å². The van der Waals surface area contributed by atoms with Gasteiger partial charge < -0.3 is 5.73 Å². The normalized spacial score (nSPS) is 10.5. The van der Waals surface area contributed by atoms with E-state index in [4.69, 9.17) is 22.6 Å². The van der Waals surface area contributed by atoms with Crippen LogP contribution in [0.5, 0.6) is 0 Å². The first kappa shape index (κ1) is 13.6. The Morgan fingerprint density at radius 2 is 2.00 bits per heavy atom. The van der Waals surface area contributed by atoms with Crippen LogP contribution in [0.2, 0.25) is 5.02 Å². The van der Waals surface area contributed by atoms with E-state index in [0.29, 0.717) is 17.1 Å². The highest BCUT2D eigenvalue weighted by atomic mass is 35.5. The van der Waals surface area contributed by atoms with Crippen molar-refractivity contribution in [2.24, 2.45) is 5.73 Å². The van der Waals surface area contributed by atoms with E-state index in [2.05, 4.69) is 11.1 Å². The van der Waals surface area contributed by atoms with Gasteiger partial charge in [-0.3, -0.25) is 4.98 Å². The van der Waals surface area contributed by atoms with Crippen LogP contribution < -0.4 is 5.73 Å². The van der Waals surface area contributed by atoms with Crippen molar-refractivity contribution in [2.45, 2.75) is 6.54 Å². The Kier molecular flexibility index (Phi) is 3.57. The zero-order valence-corrected chi connectivity index (χ0v) is 11.9. The van der Waals surface area contributed by atoms with Crippen molar-refractivity contribution in [3.63, 3.8) is 0 Å². The number of benzene rings is 2. The number of hydrogen-bond acceptors (Lipinski definition) is 3. The maximum absolute atomic E-state index is 9.05. The van der Waals surface area contributed by atoms with Gasteiger partial charge >= 0.3 is 0 Å². The fraction of sp³-hybridized carbons (Fsp3) is 0.0588. The summed E-state index contributed by atoms with van der Waals surface area (Å²) < 4.78 is 0. The molecule has 0 radical (unpaired) electrons. The molecular formula is C17H12ClN3. The summed E-state index contributed by atoms with van der Waals surface area (Å²) in [5.74, 6) is 0. The molecule has 0 atom stereocenters. The van der Waals surface area contributed by atoms with Crippen LogP contribution >= 0.6 is 11.6 Å². The minimum Gasteiger partial charge on any atom is -0.325 e. The Morgan fingerprint density at radius 3 is 2.76 bits per heavy atom. The molecular weight excluding hydrogens is 282 g/mol. The molecule has 0 aliphatic heterocycles. The lowest BCUT2D eigenvalue weighted by molar-refractivity contribution is 1.01. The second-order valence-corrected chi connectivity index (χ2v) is 5.08. The van der Waals surface area contributed by atoms with Gasteiger partial charge in [0.05, 0.1) is 17.3 Å². The number of rotatable bonds is 2. The molecule has 0 bridgehead atoms. The molecule has 0 spiro atoms. The molecule has 2 N–H and O–H groups in total. The topological polar surface area (TPSA) is 62.7 Å². The van der Waals surface area contributed by atoms with E-state index in [1.54, 1.807) is 12.3 Å². The molecule has 1 aromatic heterocycles. The van der Waals surface area contributed by atoms with Gasteiger partial charge in [0.15, 0.2) is 0 Å². The van der Waals surface area contributed by atoms with Gasteiger partial charge in [-0.15, -0.1) is 0 Å². The third-order valence-electron chi connectivity index (χ3n) is 3.44. The Morgan fingerprint density at radius 1 is 1.19 bits per heavy atom. The van der Waals surface area contributed by atoms with Crippen LogP contribution in [-0.2, 0) is 6.54 Å². The first-order chi connectivity index (χ1) is 10.2. The van der Waals surface area contributed by atoms with Crippen molar-refractivity contribution >= 4 is 22.4 Å². The Hall–Kier alpha value is -2.41. The van der Waals surface area contributed by atoms with Gasteiger partial charge in [0.25, 0.3) is 0 Å². The molecule has 0 saturated heterocycles. The largest absolute Gasteiger partial charge is 0.325 e. The lowest BCUT2D eigenvalue weighted by atomic mass is 9.98. The van der Waals surface area contributed by atoms with E-state index >= 15 is 0 Å². The standard InChI is InChI=1S/C17H12ClN3/c18-15-6-2-5-13-16(9-20)21-10-14(17(13)15)12-4-1-3-11(7-12)8-19/h1-7,10H,9,20H2. The number of nitrogens with two attached hydrogens (primary N) is 1. The average Bonchev–Trinajstić information content (AvgIpc) is 2.54. The number of nitriles is 1. The lowest BCUT2D eigenvalue weighted by Gasteiger charge is -2.11. The fourth-order valence-corrected chi connectivity index (χ4v) is 2.73. The minimum atomic E-state index is 0.357. The summed E-state index contributed by atoms with van der Waals surface area (Å²) >= 11 is 6.38.